The minimum atomic E-state index is -0.572. The number of nitrogens with one attached hydrogen (secondary N) is 2. The summed E-state index contributed by atoms with van der Waals surface area (Å²) < 4.78 is 5.18. The summed E-state index contributed by atoms with van der Waals surface area (Å²) in [5.41, 5.74) is -0.572. The molecule has 3 rings (SSSR count). The molecule has 0 saturated carbocycles. The highest BCUT2D eigenvalue weighted by Gasteiger charge is 2.29. The Morgan fingerprint density at radius 3 is 3.10 bits per heavy atom. The highest BCUT2D eigenvalue weighted by Crippen LogP contribution is 2.23. The van der Waals surface area contributed by atoms with Crippen LogP contribution in [0.15, 0.2) is 16.1 Å². The van der Waals surface area contributed by atoms with Crippen LogP contribution in [0.25, 0.3) is 0 Å². The van der Waals surface area contributed by atoms with Gasteiger partial charge in [-0.2, -0.15) is 4.98 Å². The van der Waals surface area contributed by atoms with E-state index in [1.54, 1.807) is 6.20 Å². The van der Waals surface area contributed by atoms with Crippen molar-refractivity contribution in [2.75, 3.05) is 6.54 Å². The fourth-order valence-corrected chi connectivity index (χ4v) is 3.01. The number of amides is 1. The Balaban J connectivity index is 1.71. The number of hydrogen-bond donors (Lipinski definition) is 2. The molecule has 2 N–H and O–H groups in total. The second-order valence-electron chi connectivity index (χ2n) is 5.52. The van der Waals surface area contributed by atoms with Gasteiger partial charge in [-0.1, -0.05) is 5.16 Å². The van der Waals surface area contributed by atoms with Crippen molar-refractivity contribution in [1.29, 1.82) is 0 Å². The van der Waals surface area contributed by atoms with Crippen LogP contribution in [-0.4, -0.2) is 27.6 Å². The van der Waals surface area contributed by atoms with Crippen LogP contribution in [0.4, 0.5) is 0 Å². The van der Waals surface area contributed by atoms with Gasteiger partial charge in [0.1, 0.15) is 5.01 Å². The van der Waals surface area contributed by atoms with Crippen molar-refractivity contribution < 1.29 is 9.32 Å². The minimum absolute atomic E-state index is 0.0586. The maximum Gasteiger partial charge on any atom is 0.293 e. The van der Waals surface area contributed by atoms with Crippen LogP contribution in [-0.2, 0) is 5.54 Å². The Bertz CT molecular complexity index is 616. The van der Waals surface area contributed by atoms with Gasteiger partial charge in [0.15, 0.2) is 0 Å². The minimum Gasteiger partial charge on any atom is -0.338 e. The van der Waals surface area contributed by atoms with Gasteiger partial charge in [-0.3, -0.25) is 4.79 Å². The van der Waals surface area contributed by atoms with Crippen LogP contribution in [0, 0.1) is 0 Å². The smallest absolute Gasteiger partial charge is 0.293 e. The van der Waals surface area contributed by atoms with Crippen molar-refractivity contribution in [2.45, 2.75) is 38.3 Å². The monoisotopic (exact) mass is 307 g/mol. The van der Waals surface area contributed by atoms with E-state index in [2.05, 4.69) is 25.8 Å². The normalized spacial score (nSPS) is 18.9. The van der Waals surface area contributed by atoms with Gasteiger partial charge in [0, 0.05) is 11.6 Å². The third-order valence-electron chi connectivity index (χ3n) is 3.40. The van der Waals surface area contributed by atoms with E-state index >= 15 is 0 Å². The average molecular weight is 307 g/mol. The van der Waals surface area contributed by atoms with Gasteiger partial charge in [0.2, 0.25) is 5.89 Å². The Labute approximate surface area is 126 Å². The average Bonchev–Trinajstić information content (AvgIpc) is 3.19. The topological polar surface area (TPSA) is 92.9 Å². The zero-order valence-electron chi connectivity index (χ0n) is 11.9. The van der Waals surface area contributed by atoms with Gasteiger partial charge in [-0.15, -0.1) is 11.3 Å². The molecule has 112 valence electrons. The van der Waals surface area contributed by atoms with Crippen LogP contribution in [0.1, 0.15) is 54.2 Å². The van der Waals surface area contributed by atoms with Gasteiger partial charge in [0.25, 0.3) is 11.7 Å². The standard InChI is InChI=1S/C13H17N5O2S/c1-13(2,12-15-6-7-21-12)17-10(19)9-16-11(20-18-9)8-4-3-5-14-8/h6-8,14H,3-5H2,1-2H3,(H,17,19). The van der Waals surface area contributed by atoms with Crippen molar-refractivity contribution in [3.8, 4) is 0 Å². The third kappa shape index (κ3) is 2.96. The van der Waals surface area contributed by atoms with Gasteiger partial charge >= 0.3 is 0 Å². The van der Waals surface area contributed by atoms with E-state index < -0.39 is 5.54 Å². The number of aromatic nitrogens is 3. The summed E-state index contributed by atoms with van der Waals surface area (Å²) in [5, 5.41) is 12.6. The molecule has 0 spiro atoms. The highest BCUT2D eigenvalue weighted by molar-refractivity contribution is 7.09. The van der Waals surface area contributed by atoms with Gasteiger partial charge < -0.3 is 15.2 Å². The first kappa shape index (κ1) is 14.2. The Hall–Kier alpha value is -1.80. The Morgan fingerprint density at radius 1 is 1.57 bits per heavy atom. The van der Waals surface area contributed by atoms with Gasteiger partial charge in [0.05, 0.1) is 11.6 Å². The van der Waals surface area contributed by atoms with E-state index in [-0.39, 0.29) is 17.8 Å². The Kier molecular flexibility index (Phi) is 3.73. The van der Waals surface area contributed by atoms with Crippen LogP contribution in [0.5, 0.6) is 0 Å². The van der Waals surface area contributed by atoms with Gasteiger partial charge in [-0.05, 0) is 33.2 Å². The molecule has 8 heteroatoms. The fourth-order valence-electron chi connectivity index (χ4n) is 2.29. The van der Waals surface area contributed by atoms with Gasteiger partial charge in [-0.25, -0.2) is 4.98 Å². The predicted octanol–water partition coefficient (Wildman–Crippen LogP) is 1.62. The summed E-state index contributed by atoms with van der Waals surface area (Å²) in [6, 6.07) is 0.0611. The first-order valence-electron chi connectivity index (χ1n) is 6.86. The zero-order chi connectivity index (χ0) is 14.9. The molecule has 0 aliphatic carbocycles. The molecular weight excluding hydrogens is 290 g/mol. The quantitative estimate of drug-likeness (QED) is 0.891. The van der Waals surface area contributed by atoms with Crippen molar-refractivity contribution in [2.24, 2.45) is 0 Å². The summed E-state index contributed by atoms with van der Waals surface area (Å²) in [4.78, 5) is 20.7. The third-order valence-corrected chi connectivity index (χ3v) is 4.49. The second kappa shape index (κ2) is 5.53. The van der Waals surface area contributed by atoms with Crippen molar-refractivity contribution in [1.82, 2.24) is 25.8 Å². The van der Waals surface area contributed by atoms with E-state index in [0.717, 1.165) is 24.4 Å². The number of carbonyl (C=O) groups is 1. The molecular formula is C13H17N5O2S. The molecule has 1 saturated heterocycles. The summed E-state index contributed by atoms with van der Waals surface area (Å²) >= 11 is 1.49. The Morgan fingerprint density at radius 2 is 2.43 bits per heavy atom. The summed E-state index contributed by atoms with van der Waals surface area (Å²) in [5.74, 6) is 0.177. The van der Waals surface area contributed by atoms with Crippen molar-refractivity contribution in [3.05, 3.63) is 28.3 Å². The maximum atomic E-state index is 12.2. The number of thiazole rings is 1. The van der Waals surface area contributed by atoms with E-state index in [9.17, 15) is 4.79 Å². The molecule has 1 amide bonds. The zero-order valence-corrected chi connectivity index (χ0v) is 12.7. The molecule has 1 aliphatic heterocycles. The maximum absolute atomic E-state index is 12.2. The molecule has 0 aromatic carbocycles. The van der Waals surface area contributed by atoms with E-state index in [4.69, 9.17) is 4.52 Å². The predicted molar refractivity (Wildman–Crippen MR) is 76.9 cm³/mol. The van der Waals surface area contributed by atoms with Crippen molar-refractivity contribution in [3.63, 3.8) is 0 Å². The molecule has 1 atom stereocenters. The molecule has 3 heterocycles. The fraction of sp³-hybridized carbons (Fsp3) is 0.538. The van der Waals surface area contributed by atoms with E-state index in [1.807, 2.05) is 19.2 Å². The number of nitrogens with zero attached hydrogens (tertiary/aromatic N) is 3. The molecule has 1 aliphatic rings. The molecule has 21 heavy (non-hydrogen) atoms. The number of carbonyl (C=O) groups excluding carboxylic acids is 1. The summed E-state index contributed by atoms with van der Waals surface area (Å²) in [6.07, 6.45) is 3.74. The molecule has 2 aromatic rings. The largest absolute Gasteiger partial charge is 0.338 e. The molecule has 1 fully saturated rings. The second-order valence-corrected chi connectivity index (χ2v) is 6.42. The molecule has 0 bridgehead atoms. The number of rotatable bonds is 4. The molecule has 2 aromatic heterocycles. The lowest BCUT2D eigenvalue weighted by Gasteiger charge is -2.22. The highest BCUT2D eigenvalue weighted by atomic mass is 32.1. The van der Waals surface area contributed by atoms with Crippen LogP contribution < -0.4 is 10.6 Å². The van der Waals surface area contributed by atoms with Crippen molar-refractivity contribution >= 4 is 17.2 Å². The SMILES string of the molecule is CC(C)(NC(=O)c1noc(C2CCCN2)n1)c1nccs1. The molecule has 7 nitrogen and oxygen atoms in total. The molecule has 1 unspecified atom stereocenters. The van der Waals surface area contributed by atoms with Crippen LogP contribution in [0.2, 0.25) is 0 Å². The number of hydrogen-bond acceptors (Lipinski definition) is 7. The van der Waals surface area contributed by atoms with Crippen LogP contribution in [0.3, 0.4) is 0 Å². The van der Waals surface area contributed by atoms with Crippen LogP contribution >= 0.6 is 11.3 Å². The summed E-state index contributed by atoms with van der Waals surface area (Å²) in [7, 11) is 0. The lowest BCUT2D eigenvalue weighted by molar-refractivity contribution is 0.0898. The van der Waals surface area contributed by atoms with E-state index in [0.29, 0.717) is 5.89 Å². The van der Waals surface area contributed by atoms with E-state index in [1.165, 1.54) is 11.3 Å². The summed E-state index contributed by atoms with van der Waals surface area (Å²) in [6.45, 7) is 4.72. The first-order valence-corrected chi connectivity index (χ1v) is 7.74. The molecule has 0 radical (unpaired) electrons. The lowest BCUT2D eigenvalue weighted by atomic mass is 10.1. The first-order chi connectivity index (χ1) is 10.1. The lowest BCUT2D eigenvalue weighted by Crippen LogP contribution is -2.41.